The molecule has 0 aliphatic carbocycles. The number of methoxy groups -OCH3 is 1. The second-order valence-corrected chi connectivity index (χ2v) is 7.96. The van der Waals surface area contributed by atoms with E-state index in [4.69, 9.17) is 26.4 Å². The number of hydrogen-bond acceptors (Lipinski definition) is 4. The van der Waals surface area contributed by atoms with E-state index >= 15 is 0 Å². The van der Waals surface area contributed by atoms with Gasteiger partial charge in [-0.05, 0) is 43.9 Å². The van der Waals surface area contributed by atoms with Crippen LogP contribution in [0, 0.1) is 13.8 Å². The Morgan fingerprint density at radius 2 is 1.81 bits per heavy atom. The molecule has 0 amide bonds. The van der Waals surface area contributed by atoms with E-state index in [2.05, 4.69) is 49.1 Å². The normalized spacial score (nSPS) is 11.7. The van der Waals surface area contributed by atoms with Crippen LogP contribution >= 0.6 is 24.0 Å². The first-order chi connectivity index (χ1) is 14.5. The van der Waals surface area contributed by atoms with E-state index in [0.717, 1.165) is 54.6 Å². The van der Waals surface area contributed by atoms with Crippen LogP contribution in [0.2, 0.25) is 5.02 Å². The van der Waals surface area contributed by atoms with Gasteiger partial charge in [-0.2, -0.15) is 4.98 Å². The molecular formula is C24H32Cl2N4O. The molecule has 3 aromatic rings. The Kier molecular flexibility index (Phi) is 9.20. The first-order valence-electron chi connectivity index (χ1n) is 10.6. The molecule has 3 rings (SSSR count). The van der Waals surface area contributed by atoms with Crippen molar-refractivity contribution >= 4 is 30.0 Å². The maximum absolute atomic E-state index is 6.56. The highest BCUT2D eigenvalue weighted by Gasteiger charge is 2.24. The molecule has 0 bridgehead atoms. The largest absolute Gasteiger partial charge is 0.496 e. The minimum Gasteiger partial charge on any atom is -0.496 e. The number of aryl methyl sites for hydroxylation is 2. The van der Waals surface area contributed by atoms with Gasteiger partial charge < -0.3 is 9.64 Å². The quantitative estimate of drug-likeness (QED) is 0.353. The van der Waals surface area contributed by atoms with Gasteiger partial charge in [0.2, 0.25) is 5.95 Å². The number of hydrogen-bond donors (Lipinski definition) is 0. The van der Waals surface area contributed by atoms with Gasteiger partial charge in [0.1, 0.15) is 11.6 Å². The average molecular weight is 463 g/mol. The summed E-state index contributed by atoms with van der Waals surface area (Å²) < 4.78 is 7.23. The van der Waals surface area contributed by atoms with Crippen LogP contribution in [0.25, 0.3) is 5.69 Å². The van der Waals surface area contributed by atoms with Crippen molar-refractivity contribution in [3.05, 3.63) is 64.4 Å². The molecule has 1 aromatic heterocycles. The van der Waals surface area contributed by atoms with Gasteiger partial charge in [0.15, 0.2) is 0 Å². The fraction of sp³-hybridized carbons (Fsp3) is 0.417. The van der Waals surface area contributed by atoms with Crippen molar-refractivity contribution in [3.8, 4) is 11.4 Å². The Hall–Kier alpha value is -2.24. The minimum absolute atomic E-state index is 0. The molecule has 1 heterocycles. The summed E-state index contributed by atoms with van der Waals surface area (Å²) in [6.07, 6.45) is 3.14. The zero-order chi connectivity index (χ0) is 21.7. The first-order valence-corrected chi connectivity index (χ1v) is 11.0. The molecule has 0 aliphatic heterocycles. The summed E-state index contributed by atoms with van der Waals surface area (Å²) in [6, 6.07) is 14.7. The predicted molar refractivity (Wildman–Crippen MR) is 131 cm³/mol. The van der Waals surface area contributed by atoms with Crippen LogP contribution in [0.4, 0.5) is 5.95 Å². The van der Waals surface area contributed by atoms with Gasteiger partial charge >= 0.3 is 0 Å². The third-order valence-electron chi connectivity index (χ3n) is 5.29. The van der Waals surface area contributed by atoms with Gasteiger partial charge in [-0.25, -0.2) is 4.68 Å². The van der Waals surface area contributed by atoms with Crippen molar-refractivity contribution < 1.29 is 4.74 Å². The smallest absolute Gasteiger partial charge is 0.245 e. The van der Waals surface area contributed by atoms with Gasteiger partial charge in [-0.15, -0.1) is 17.5 Å². The molecule has 0 N–H and O–H groups in total. The first kappa shape index (κ1) is 25.0. The lowest BCUT2D eigenvalue weighted by atomic mass is 10.0. The Balaban J connectivity index is 0.00000341. The predicted octanol–water partition coefficient (Wildman–Crippen LogP) is 6.73. The molecule has 0 spiro atoms. The Morgan fingerprint density at radius 3 is 2.42 bits per heavy atom. The Labute approximate surface area is 196 Å². The topological polar surface area (TPSA) is 43.2 Å². The highest BCUT2D eigenvalue weighted by Crippen LogP contribution is 2.32. The van der Waals surface area contributed by atoms with Gasteiger partial charge in [0.05, 0.1) is 23.9 Å². The molecular weight excluding hydrogens is 431 g/mol. The zero-order valence-corrected chi connectivity index (χ0v) is 20.5. The molecule has 1 atom stereocenters. The summed E-state index contributed by atoms with van der Waals surface area (Å²) in [6.45, 7) is 9.26. The van der Waals surface area contributed by atoms with Crippen molar-refractivity contribution in [1.82, 2.24) is 14.8 Å². The van der Waals surface area contributed by atoms with Crippen molar-refractivity contribution in [2.75, 3.05) is 18.6 Å². The summed E-state index contributed by atoms with van der Waals surface area (Å²) in [4.78, 5) is 7.16. The number of anilines is 1. The summed E-state index contributed by atoms with van der Waals surface area (Å²) in [5.41, 5.74) is 3.11. The number of nitrogens with zero attached hydrogens (tertiary/aromatic N) is 4. The summed E-state index contributed by atoms with van der Waals surface area (Å²) in [5, 5.41) is 5.48. The minimum atomic E-state index is 0. The molecule has 0 fully saturated rings. The monoisotopic (exact) mass is 462 g/mol. The average Bonchev–Trinajstić information content (AvgIpc) is 3.13. The highest BCUT2D eigenvalue weighted by molar-refractivity contribution is 6.32. The van der Waals surface area contributed by atoms with E-state index in [0.29, 0.717) is 5.02 Å². The molecule has 0 unspecified atom stereocenters. The van der Waals surface area contributed by atoms with Crippen LogP contribution in [0.1, 0.15) is 56.1 Å². The number of rotatable bonds is 9. The van der Waals surface area contributed by atoms with Crippen molar-refractivity contribution in [1.29, 1.82) is 0 Å². The van der Waals surface area contributed by atoms with Crippen LogP contribution in [-0.4, -0.2) is 28.4 Å². The fourth-order valence-corrected chi connectivity index (χ4v) is 4.08. The number of aromatic nitrogens is 3. The maximum atomic E-state index is 6.56. The second kappa shape index (κ2) is 11.4. The molecule has 0 radical (unpaired) electrons. The maximum Gasteiger partial charge on any atom is 0.245 e. The van der Waals surface area contributed by atoms with Crippen LogP contribution in [0.5, 0.6) is 5.75 Å². The third-order valence-corrected chi connectivity index (χ3v) is 5.60. The standard InChI is InChI=1S/C24H31ClN4O.ClH/c1-6-11-21(19-12-9-8-10-13-19)28(14-7-2)24-26-18(4)29(27-24)22-15-17(3)23(30-5)16-20(22)25;/h8-10,12-13,15-16,21H,6-7,11,14H2,1-5H3;1H/t21-;/m0./s1. The third kappa shape index (κ3) is 5.52. The zero-order valence-electron chi connectivity index (χ0n) is 18.9. The molecule has 5 nitrogen and oxygen atoms in total. The molecule has 2 aromatic carbocycles. The fourth-order valence-electron chi connectivity index (χ4n) is 3.84. The molecule has 7 heteroatoms. The Morgan fingerprint density at radius 1 is 1.10 bits per heavy atom. The Bertz CT molecular complexity index is 975. The summed E-state index contributed by atoms with van der Waals surface area (Å²) in [5.74, 6) is 2.31. The van der Waals surface area contributed by atoms with Gasteiger partial charge in [0.25, 0.3) is 0 Å². The van der Waals surface area contributed by atoms with Crippen molar-refractivity contribution in [2.45, 2.75) is 53.0 Å². The lowest BCUT2D eigenvalue weighted by molar-refractivity contribution is 0.411. The van der Waals surface area contributed by atoms with Gasteiger partial charge in [0, 0.05) is 12.6 Å². The van der Waals surface area contributed by atoms with Gasteiger partial charge in [-0.3, -0.25) is 0 Å². The molecule has 0 aliphatic rings. The summed E-state index contributed by atoms with van der Waals surface area (Å²) in [7, 11) is 1.65. The molecule has 168 valence electrons. The summed E-state index contributed by atoms with van der Waals surface area (Å²) >= 11 is 6.56. The lowest BCUT2D eigenvalue weighted by Gasteiger charge is -2.31. The highest BCUT2D eigenvalue weighted by atomic mass is 35.5. The number of ether oxygens (including phenoxy) is 1. The molecule has 0 saturated heterocycles. The van der Waals surface area contributed by atoms with E-state index in [1.54, 1.807) is 7.11 Å². The lowest BCUT2D eigenvalue weighted by Crippen LogP contribution is -2.30. The van der Waals surface area contributed by atoms with Crippen molar-refractivity contribution in [2.24, 2.45) is 0 Å². The van der Waals surface area contributed by atoms with Crippen molar-refractivity contribution in [3.63, 3.8) is 0 Å². The van der Waals surface area contributed by atoms with Crippen LogP contribution in [0.15, 0.2) is 42.5 Å². The van der Waals surface area contributed by atoms with Crippen LogP contribution in [0.3, 0.4) is 0 Å². The SMILES string of the molecule is CCC[C@@H](c1ccccc1)N(CCC)c1nc(C)n(-c2cc(C)c(OC)cc2Cl)n1.Cl. The number of benzene rings is 2. The van der Waals surface area contributed by atoms with E-state index in [1.807, 2.05) is 30.7 Å². The van der Waals surface area contributed by atoms with E-state index in [-0.39, 0.29) is 18.4 Å². The van der Waals surface area contributed by atoms with E-state index in [1.165, 1.54) is 5.56 Å². The second-order valence-electron chi connectivity index (χ2n) is 7.55. The van der Waals surface area contributed by atoms with Crippen LogP contribution < -0.4 is 9.64 Å². The molecule has 31 heavy (non-hydrogen) atoms. The van der Waals surface area contributed by atoms with Crippen LogP contribution in [-0.2, 0) is 0 Å². The molecule has 0 saturated carbocycles. The van der Waals surface area contributed by atoms with Gasteiger partial charge in [-0.1, -0.05) is 62.2 Å². The number of halogens is 2. The van der Waals surface area contributed by atoms with E-state index < -0.39 is 0 Å². The van der Waals surface area contributed by atoms with E-state index in [9.17, 15) is 0 Å².